The first-order valence-electron chi connectivity index (χ1n) is 7.64. The maximum atomic E-state index is 13.0. The van der Waals surface area contributed by atoms with Gasteiger partial charge in [0, 0.05) is 11.9 Å². The second kappa shape index (κ2) is 7.74. The number of aryl methyl sites for hydroxylation is 1. The van der Waals surface area contributed by atoms with Crippen LogP contribution in [0, 0.1) is 25.2 Å². The molecule has 0 fully saturated rings. The van der Waals surface area contributed by atoms with Crippen LogP contribution in [0.1, 0.15) is 16.7 Å². The molecule has 2 rings (SSSR count). The highest BCUT2D eigenvalue weighted by Gasteiger charge is 2.33. The predicted octanol–water partition coefficient (Wildman–Crippen LogP) is 4.78. The van der Waals surface area contributed by atoms with Gasteiger partial charge in [-0.15, -0.1) is 0 Å². The van der Waals surface area contributed by atoms with E-state index in [0.717, 1.165) is 23.3 Å². The van der Waals surface area contributed by atoms with E-state index in [1.165, 1.54) is 18.3 Å². The predicted molar refractivity (Wildman–Crippen MR) is 93.3 cm³/mol. The Bertz CT molecular complexity index is 896. The molecule has 134 valence electrons. The van der Waals surface area contributed by atoms with Crippen molar-refractivity contribution in [1.82, 2.24) is 0 Å². The van der Waals surface area contributed by atoms with Gasteiger partial charge >= 0.3 is 6.18 Å². The van der Waals surface area contributed by atoms with E-state index < -0.39 is 23.3 Å². The van der Waals surface area contributed by atoms with Crippen molar-refractivity contribution < 1.29 is 18.0 Å². The van der Waals surface area contributed by atoms with Gasteiger partial charge in [-0.3, -0.25) is 4.79 Å². The number of halogens is 3. The molecule has 2 aromatic carbocycles. The summed E-state index contributed by atoms with van der Waals surface area (Å²) >= 11 is 0. The monoisotopic (exact) mass is 359 g/mol. The normalized spacial score (nSPS) is 11.6. The second-order valence-electron chi connectivity index (χ2n) is 5.56. The summed E-state index contributed by atoms with van der Waals surface area (Å²) in [6.45, 7) is 3.79. The lowest BCUT2D eigenvalue weighted by atomic mass is 10.1. The molecule has 0 aliphatic carbocycles. The van der Waals surface area contributed by atoms with Crippen LogP contribution in [0.5, 0.6) is 0 Å². The van der Waals surface area contributed by atoms with Gasteiger partial charge in [0.05, 0.1) is 11.3 Å². The molecule has 0 heterocycles. The second-order valence-corrected chi connectivity index (χ2v) is 5.56. The van der Waals surface area contributed by atoms with E-state index in [0.29, 0.717) is 5.69 Å². The zero-order valence-corrected chi connectivity index (χ0v) is 14.1. The maximum absolute atomic E-state index is 13.0. The summed E-state index contributed by atoms with van der Waals surface area (Å²) in [5.74, 6) is -0.929. The molecule has 1 amide bonds. The number of hydrogen-bond acceptors (Lipinski definition) is 3. The molecule has 7 heteroatoms. The molecule has 0 radical (unpaired) electrons. The van der Waals surface area contributed by atoms with Crippen molar-refractivity contribution in [3.63, 3.8) is 0 Å². The van der Waals surface area contributed by atoms with Crippen molar-refractivity contribution in [2.24, 2.45) is 0 Å². The van der Waals surface area contributed by atoms with Crippen LogP contribution in [0.25, 0.3) is 0 Å². The summed E-state index contributed by atoms with van der Waals surface area (Å²) < 4.78 is 39.0. The summed E-state index contributed by atoms with van der Waals surface area (Å²) in [7, 11) is 0. The third kappa shape index (κ3) is 4.42. The van der Waals surface area contributed by atoms with E-state index in [1.54, 1.807) is 12.1 Å². The average Bonchev–Trinajstić information content (AvgIpc) is 2.58. The molecule has 4 nitrogen and oxygen atoms in total. The Morgan fingerprint density at radius 1 is 1.08 bits per heavy atom. The first-order chi connectivity index (χ1) is 12.2. The lowest BCUT2D eigenvalue weighted by Gasteiger charge is -2.13. The summed E-state index contributed by atoms with van der Waals surface area (Å²) in [4.78, 5) is 12.2. The Morgan fingerprint density at radius 2 is 1.73 bits per heavy atom. The first-order valence-corrected chi connectivity index (χ1v) is 7.64. The molecule has 0 spiro atoms. The van der Waals surface area contributed by atoms with E-state index in [4.69, 9.17) is 5.26 Å². The van der Waals surface area contributed by atoms with Gasteiger partial charge in [-0.2, -0.15) is 18.4 Å². The smallest absolute Gasteiger partial charge is 0.360 e. The van der Waals surface area contributed by atoms with Crippen molar-refractivity contribution >= 4 is 17.3 Å². The topological polar surface area (TPSA) is 64.9 Å². The largest absolute Gasteiger partial charge is 0.418 e. The minimum atomic E-state index is -4.61. The molecule has 0 bridgehead atoms. The van der Waals surface area contributed by atoms with Gasteiger partial charge in [0.15, 0.2) is 0 Å². The summed E-state index contributed by atoms with van der Waals surface area (Å²) in [6.07, 6.45) is -3.44. The van der Waals surface area contributed by atoms with E-state index in [9.17, 15) is 18.0 Å². The number of benzene rings is 2. The fourth-order valence-electron chi connectivity index (χ4n) is 2.23. The average molecular weight is 359 g/mol. The van der Waals surface area contributed by atoms with E-state index in [1.807, 2.05) is 26.0 Å². The molecule has 26 heavy (non-hydrogen) atoms. The highest BCUT2D eigenvalue weighted by atomic mass is 19.4. The van der Waals surface area contributed by atoms with Crippen LogP contribution in [0.2, 0.25) is 0 Å². The number of nitrogens with zero attached hydrogens (tertiary/aromatic N) is 1. The van der Waals surface area contributed by atoms with Crippen molar-refractivity contribution in [2.75, 3.05) is 10.6 Å². The van der Waals surface area contributed by atoms with Crippen LogP contribution in [-0.4, -0.2) is 5.91 Å². The number of rotatable bonds is 4. The third-order valence-corrected chi connectivity index (χ3v) is 3.82. The van der Waals surface area contributed by atoms with E-state index in [2.05, 4.69) is 10.6 Å². The highest BCUT2D eigenvalue weighted by Crippen LogP contribution is 2.34. The number of nitrogens with one attached hydrogen (secondary N) is 2. The van der Waals surface area contributed by atoms with Crippen LogP contribution in [-0.2, 0) is 11.0 Å². The van der Waals surface area contributed by atoms with Gasteiger partial charge in [-0.1, -0.05) is 24.3 Å². The van der Waals surface area contributed by atoms with Gasteiger partial charge in [0.25, 0.3) is 5.91 Å². The number of nitriles is 1. The fourth-order valence-corrected chi connectivity index (χ4v) is 2.23. The molecule has 0 saturated heterocycles. The number of alkyl halides is 3. The number of anilines is 2. The van der Waals surface area contributed by atoms with Crippen LogP contribution in [0.15, 0.2) is 54.2 Å². The number of para-hydroxylation sites is 1. The minimum Gasteiger partial charge on any atom is -0.360 e. The SMILES string of the molecule is Cc1cccc(N/C=C(/C#N)C(=O)Nc2ccccc2C(F)(F)F)c1C. The summed E-state index contributed by atoms with van der Waals surface area (Å²) in [5.41, 5.74) is 0.921. The fraction of sp³-hybridized carbons (Fsp3) is 0.158. The summed E-state index contributed by atoms with van der Waals surface area (Å²) in [6, 6.07) is 11.8. The Kier molecular flexibility index (Phi) is 5.68. The van der Waals surface area contributed by atoms with Crippen molar-refractivity contribution in [3.05, 3.63) is 70.9 Å². The number of hydrogen-bond donors (Lipinski definition) is 2. The van der Waals surface area contributed by atoms with E-state index >= 15 is 0 Å². The Hall–Kier alpha value is -3.27. The van der Waals surface area contributed by atoms with E-state index in [-0.39, 0.29) is 5.57 Å². The maximum Gasteiger partial charge on any atom is 0.418 e. The first kappa shape index (κ1) is 19.1. The van der Waals surface area contributed by atoms with Crippen molar-refractivity contribution in [1.29, 1.82) is 5.26 Å². The van der Waals surface area contributed by atoms with Gasteiger partial charge in [-0.25, -0.2) is 0 Å². The van der Waals surface area contributed by atoms with Crippen molar-refractivity contribution in [2.45, 2.75) is 20.0 Å². The lowest BCUT2D eigenvalue weighted by Crippen LogP contribution is -2.18. The van der Waals surface area contributed by atoms with Gasteiger partial charge in [0.2, 0.25) is 0 Å². The van der Waals surface area contributed by atoms with Crippen LogP contribution in [0.3, 0.4) is 0 Å². The number of carbonyl (C=O) groups is 1. The molecule has 2 aromatic rings. The quantitative estimate of drug-likeness (QED) is 0.610. The molecule has 0 aromatic heterocycles. The molecular formula is C19H16F3N3O. The zero-order chi connectivity index (χ0) is 19.3. The van der Waals surface area contributed by atoms with Crippen LogP contribution in [0.4, 0.5) is 24.5 Å². The molecular weight excluding hydrogens is 343 g/mol. The van der Waals surface area contributed by atoms with Crippen LogP contribution < -0.4 is 10.6 Å². The third-order valence-electron chi connectivity index (χ3n) is 3.82. The zero-order valence-electron chi connectivity index (χ0n) is 14.1. The Balaban J connectivity index is 2.23. The molecule has 0 saturated carbocycles. The Labute approximate surface area is 149 Å². The van der Waals surface area contributed by atoms with Gasteiger partial charge < -0.3 is 10.6 Å². The minimum absolute atomic E-state index is 0.345. The van der Waals surface area contributed by atoms with Gasteiger partial charge in [0.1, 0.15) is 11.6 Å². The van der Waals surface area contributed by atoms with Gasteiger partial charge in [-0.05, 0) is 43.2 Å². The lowest BCUT2D eigenvalue weighted by molar-refractivity contribution is -0.137. The molecule has 0 aliphatic heterocycles. The number of amides is 1. The standard InChI is InChI=1S/C19H16F3N3O/c1-12-6-5-9-16(13(12)2)24-11-14(10-23)18(26)25-17-8-4-3-7-15(17)19(20,21)22/h3-9,11,24H,1-2H3,(H,25,26)/b14-11-. The van der Waals surface area contributed by atoms with Crippen molar-refractivity contribution in [3.8, 4) is 6.07 Å². The molecule has 2 N–H and O–H groups in total. The molecule has 0 atom stereocenters. The molecule has 0 aliphatic rings. The summed E-state index contributed by atoms with van der Waals surface area (Å²) in [5, 5.41) is 14.2. The Morgan fingerprint density at radius 3 is 2.38 bits per heavy atom. The number of carbonyl (C=O) groups excluding carboxylic acids is 1. The van der Waals surface area contributed by atoms with Crippen LogP contribution >= 0.6 is 0 Å². The highest BCUT2D eigenvalue weighted by molar-refractivity contribution is 6.07. The molecule has 0 unspecified atom stereocenters.